The highest BCUT2D eigenvalue weighted by atomic mass is 19.4. The van der Waals surface area contributed by atoms with Crippen molar-refractivity contribution >= 4 is 17.1 Å². The molecule has 1 fully saturated rings. The van der Waals surface area contributed by atoms with E-state index in [2.05, 4.69) is 0 Å². The highest BCUT2D eigenvalue weighted by Gasteiger charge is 2.39. The number of nitro benzene ring substituents is 2. The van der Waals surface area contributed by atoms with E-state index in [9.17, 15) is 33.4 Å². The Morgan fingerprint density at radius 1 is 1.04 bits per heavy atom. The number of benzene rings is 1. The summed E-state index contributed by atoms with van der Waals surface area (Å²) in [7, 11) is 1.46. The van der Waals surface area contributed by atoms with Gasteiger partial charge in [-0.25, -0.2) is 0 Å². The summed E-state index contributed by atoms with van der Waals surface area (Å²) >= 11 is 0. The Balaban J connectivity index is 2.63. The first-order valence-corrected chi connectivity index (χ1v) is 7.39. The first-order valence-electron chi connectivity index (χ1n) is 7.39. The van der Waals surface area contributed by atoms with E-state index in [-0.39, 0.29) is 11.7 Å². The lowest BCUT2D eigenvalue weighted by Gasteiger charge is -2.32. The zero-order valence-electron chi connectivity index (χ0n) is 12.9. The molecule has 0 aromatic heterocycles. The van der Waals surface area contributed by atoms with Crippen molar-refractivity contribution in [3.8, 4) is 0 Å². The maximum absolute atomic E-state index is 12.9. The minimum absolute atomic E-state index is 0.173. The summed E-state index contributed by atoms with van der Waals surface area (Å²) in [4.78, 5) is 21.9. The summed E-state index contributed by atoms with van der Waals surface area (Å²) < 4.78 is 38.7. The standard InChI is InChI=1S/C14H16F3N3O4/c1-18(10-5-3-2-4-6-10)13-11(19(21)22)7-9(14(15,16)17)8-12(13)20(23)24/h7-8,10H,2-6H2,1H3. The van der Waals surface area contributed by atoms with Crippen LogP contribution in [0.15, 0.2) is 12.1 Å². The molecule has 132 valence electrons. The first kappa shape index (κ1) is 18.0. The number of alkyl halides is 3. The fourth-order valence-corrected chi connectivity index (χ4v) is 3.06. The molecule has 1 aromatic carbocycles. The smallest absolute Gasteiger partial charge is 0.360 e. The first-order chi connectivity index (χ1) is 11.1. The molecular weight excluding hydrogens is 331 g/mol. The molecule has 0 spiro atoms. The lowest BCUT2D eigenvalue weighted by atomic mass is 9.93. The van der Waals surface area contributed by atoms with Crippen molar-refractivity contribution in [3.05, 3.63) is 37.9 Å². The lowest BCUT2D eigenvalue weighted by molar-refractivity contribution is -0.393. The van der Waals surface area contributed by atoms with Crippen molar-refractivity contribution in [1.82, 2.24) is 0 Å². The Morgan fingerprint density at radius 3 is 1.88 bits per heavy atom. The Labute approximate surface area is 135 Å². The Hall–Kier alpha value is -2.39. The molecule has 10 heteroatoms. The zero-order valence-corrected chi connectivity index (χ0v) is 12.9. The summed E-state index contributed by atoms with van der Waals surface area (Å²) in [5.41, 5.74) is -3.57. The molecule has 7 nitrogen and oxygen atoms in total. The molecule has 1 aliphatic carbocycles. The summed E-state index contributed by atoms with van der Waals surface area (Å²) in [6, 6.07) is 0.552. The van der Waals surface area contributed by atoms with Gasteiger partial charge in [-0.15, -0.1) is 0 Å². The molecule has 0 bridgehead atoms. The lowest BCUT2D eigenvalue weighted by Crippen LogP contribution is -2.34. The van der Waals surface area contributed by atoms with Crippen LogP contribution < -0.4 is 4.90 Å². The van der Waals surface area contributed by atoms with Crippen LogP contribution in [-0.4, -0.2) is 22.9 Å². The van der Waals surface area contributed by atoms with E-state index in [0.717, 1.165) is 19.3 Å². The van der Waals surface area contributed by atoms with E-state index < -0.39 is 33.0 Å². The molecule has 0 amide bonds. The molecule has 0 N–H and O–H groups in total. The molecule has 1 aliphatic rings. The molecule has 0 saturated heterocycles. The van der Waals surface area contributed by atoms with Crippen molar-refractivity contribution < 1.29 is 23.0 Å². The third-order valence-electron chi connectivity index (χ3n) is 4.27. The van der Waals surface area contributed by atoms with E-state index in [0.29, 0.717) is 25.0 Å². The predicted molar refractivity (Wildman–Crippen MR) is 80.0 cm³/mol. The van der Waals surface area contributed by atoms with Gasteiger partial charge in [-0.1, -0.05) is 19.3 Å². The van der Waals surface area contributed by atoms with Crippen LogP contribution in [0.3, 0.4) is 0 Å². The average molecular weight is 347 g/mol. The molecule has 24 heavy (non-hydrogen) atoms. The summed E-state index contributed by atoms with van der Waals surface area (Å²) in [5, 5.41) is 22.5. The van der Waals surface area contributed by atoms with Gasteiger partial charge in [0.15, 0.2) is 5.69 Å². The van der Waals surface area contributed by atoms with Crippen LogP contribution in [0.5, 0.6) is 0 Å². The SMILES string of the molecule is CN(c1c([N+](=O)[O-])cc(C(F)(F)F)cc1[N+](=O)[O-])C1CCCCC1. The molecule has 0 unspecified atom stereocenters. The van der Waals surface area contributed by atoms with Gasteiger partial charge in [-0.05, 0) is 12.8 Å². The average Bonchev–Trinajstić information content (AvgIpc) is 2.52. The van der Waals surface area contributed by atoms with Crippen LogP contribution in [0.25, 0.3) is 0 Å². The van der Waals surface area contributed by atoms with Crippen molar-refractivity contribution in [2.24, 2.45) is 0 Å². The molecule has 1 aromatic rings. The van der Waals surface area contributed by atoms with Gasteiger partial charge < -0.3 is 4.90 Å². The van der Waals surface area contributed by atoms with E-state index in [1.807, 2.05) is 0 Å². The van der Waals surface area contributed by atoms with Crippen molar-refractivity contribution in [2.75, 3.05) is 11.9 Å². The van der Waals surface area contributed by atoms with Crippen LogP contribution in [0, 0.1) is 20.2 Å². The van der Waals surface area contributed by atoms with E-state index >= 15 is 0 Å². The Kier molecular flexibility index (Phi) is 4.95. The number of rotatable bonds is 4. The van der Waals surface area contributed by atoms with Crippen LogP contribution in [0.2, 0.25) is 0 Å². The normalized spacial score (nSPS) is 16.0. The minimum atomic E-state index is -4.91. The van der Waals surface area contributed by atoms with Gasteiger partial charge in [-0.2, -0.15) is 13.2 Å². The van der Waals surface area contributed by atoms with Gasteiger partial charge in [0.2, 0.25) is 0 Å². The van der Waals surface area contributed by atoms with Crippen LogP contribution in [-0.2, 0) is 6.18 Å². The van der Waals surface area contributed by atoms with Crippen LogP contribution >= 0.6 is 0 Å². The molecule has 0 radical (unpaired) electrons. The van der Waals surface area contributed by atoms with Gasteiger partial charge >= 0.3 is 6.18 Å². The predicted octanol–water partition coefficient (Wildman–Crippen LogP) is 4.29. The van der Waals surface area contributed by atoms with Crippen LogP contribution in [0.4, 0.5) is 30.2 Å². The highest BCUT2D eigenvalue weighted by Crippen LogP contribution is 2.44. The van der Waals surface area contributed by atoms with E-state index in [1.165, 1.54) is 11.9 Å². The Morgan fingerprint density at radius 2 is 1.50 bits per heavy atom. The molecule has 0 atom stereocenters. The van der Waals surface area contributed by atoms with Crippen molar-refractivity contribution in [1.29, 1.82) is 0 Å². The summed E-state index contributed by atoms with van der Waals surface area (Å²) in [5.74, 6) is 0. The summed E-state index contributed by atoms with van der Waals surface area (Å²) in [6.45, 7) is 0. The zero-order chi connectivity index (χ0) is 18.1. The third-order valence-corrected chi connectivity index (χ3v) is 4.27. The van der Waals surface area contributed by atoms with Gasteiger partial charge in [-0.3, -0.25) is 20.2 Å². The maximum Gasteiger partial charge on any atom is 0.416 e. The van der Waals surface area contributed by atoms with Crippen LogP contribution in [0.1, 0.15) is 37.7 Å². The topological polar surface area (TPSA) is 89.5 Å². The van der Waals surface area contributed by atoms with Gasteiger partial charge in [0.1, 0.15) is 0 Å². The van der Waals surface area contributed by atoms with Crippen molar-refractivity contribution in [2.45, 2.75) is 44.3 Å². The van der Waals surface area contributed by atoms with Gasteiger partial charge in [0, 0.05) is 25.2 Å². The number of nitrogens with zero attached hydrogens (tertiary/aromatic N) is 3. The maximum atomic E-state index is 12.9. The Bertz CT molecular complexity index is 622. The molecule has 1 saturated carbocycles. The summed E-state index contributed by atoms with van der Waals surface area (Å²) in [6.07, 6.45) is -0.787. The van der Waals surface area contributed by atoms with Gasteiger partial charge in [0.05, 0.1) is 15.4 Å². The minimum Gasteiger partial charge on any atom is -0.360 e. The van der Waals surface area contributed by atoms with Gasteiger partial charge in [0.25, 0.3) is 11.4 Å². The van der Waals surface area contributed by atoms with Crippen molar-refractivity contribution in [3.63, 3.8) is 0 Å². The van der Waals surface area contributed by atoms with E-state index in [4.69, 9.17) is 0 Å². The third kappa shape index (κ3) is 3.57. The molecule has 0 heterocycles. The quantitative estimate of drug-likeness (QED) is 0.599. The number of halogens is 3. The fraction of sp³-hybridized carbons (Fsp3) is 0.571. The highest BCUT2D eigenvalue weighted by molar-refractivity contribution is 5.76. The molecule has 0 aliphatic heterocycles. The number of anilines is 1. The van der Waals surface area contributed by atoms with E-state index in [1.54, 1.807) is 0 Å². The second-order valence-electron chi connectivity index (χ2n) is 5.78. The number of hydrogen-bond donors (Lipinski definition) is 0. The number of nitro groups is 2. The second-order valence-corrected chi connectivity index (χ2v) is 5.78. The monoisotopic (exact) mass is 347 g/mol. The number of hydrogen-bond acceptors (Lipinski definition) is 5. The molecular formula is C14H16F3N3O4. The largest absolute Gasteiger partial charge is 0.416 e. The second kappa shape index (κ2) is 6.62. The molecule has 2 rings (SSSR count). The fourth-order valence-electron chi connectivity index (χ4n) is 3.06.